The lowest BCUT2D eigenvalue weighted by Crippen LogP contribution is -2.46. The van der Waals surface area contributed by atoms with Gasteiger partial charge in [0.1, 0.15) is 0 Å². The summed E-state index contributed by atoms with van der Waals surface area (Å²) in [6.45, 7) is 12.8. The quantitative estimate of drug-likeness (QED) is 0.722. The van der Waals surface area contributed by atoms with Gasteiger partial charge in [-0.05, 0) is 24.2 Å². The zero-order chi connectivity index (χ0) is 12.3. The topological polar surface area (TPSA) is 20.3 Å². The Labute approximate surface area is 100 Å². The lowest BCUT2D eigenvalue weighted by Gasteiger charge is -2.41. The third-order valence-corrected chi connectivity index (χ3v) is 3.98. The van der Waals surface area contributed by atoms with E-state index < -0.39 is 0 Å². The molecule has 0 spiro atoms. The van der Waals surface area contributed by atoms with Crippen LogP contribution in [0.5, 0.6) is 0 Å². The van der Waals surface area contributed by atoms with Crippen LogP contribution < -0.4 is 0 Å². The standard InChI is InChI=1S/C14H27NO/c1-6-12-9-15(14(16)11(4)5)8-7-13(12)10(2)3/h10-13H,6-9H2,1-5H3/t12-,13+/m1/s1. The first-order valence-electron chi connectivity index (χ1n) is 6.76. The molecule has 2 heteroatoms. The minimum absolute atomic E-state index is 0.146. The van der Waals surface area contributed by atoms with Crippen molar-refractivity contribution in [2.24, 2.45) is 23.7 Å². The van der Waals surface area contributed by atoms with Crippen molar-refractivity contribution in [1.82, 2.24) is 4.90 Å². The molecule has 0 unspecified atom stereocenters. The number of piperidine rings is 1. The molecule has 1 fully saturated rings. The van der Waals surface area contributed by atoms with Gasteiger partial charge in [0.2, 0.25) is 5.91 Å². The van der Waals surface area contributed by atoms with E-state index in [-0.39, 0.29) is 5.92 Å². The largest absolute Gasteiger partial charge is 0.342 e. The Bertz CT molecular complexity index is 235. The number of amides is 1. The van der Waals surface area contributed by atoms with Crippen LogP contribution >= 0.6 is 0 Å². The summed E-state index contributed by atoms with van der Waals surface area (Å²) >= 11 is 0. The fourth-order valence-electron chi connectivity index (χ4n) is 2.93. The molecule has 1 rings (SSSR count). The van der Waals surface area contributed by atoms with E-state index in [0.29, 0.717) is 11.8 Å². The predicted molar refractivity (Wildman–Crippen MR) is 68.1 cm³/mol. The van der Waals surface area contributed by atoms with E-state index in [4.69, 9.17) is 0 Å². The van der Waals surface area contributed by atoms with Crippen molar-refractivity contribution in [2.75, 3.05) is 13.1 Å². The first kappa shape index (κ1) is 13.5. The first-order chi connectivity index (χ1) is 7.47. The van der Waals surface area contributed by atoms with Crippen molar-refractivity contribution in [2.45, 2.75) is 47.5 Å². The maximum atomic E-state index is 12.0. The van der Waals surface area contributed by atoms with E-state index in [9.17, 15) is 4.79 Å². The van der Waals surface area contributed by atoms with Crippen LogP contribution in [0.15, 0.2) is 0 Å². The number of carbonyl (C=O) groups is 1. The van der Waals surface area contributed by atoms with Crippen LogP contribution in [0.1, 0.15) is 47.5 Å². The minimum atomic E-state index is 0.146. The molecule has 0 aliphatic carbocycles. The van der Waals surface area contributed by atoms with Gasteiger partial charge in [0.05, 0.1) is 0 Å². The van der Waals surface area contributed by atoms with E-state index in [0.717, 1.165) is 24.9 Å². The Morgan fingerprint density at radius 3 is 2.38 bits per heavy atom. The summed E-state index contributed by atoms with van der Waals surface area (Å²) in [7, 11) is 0. The third kappa shape index (κ3) is 2.99. The third-order valence-electron chi connectivity index (χ3n) is 3.98. The summed E-state index contributed by atoms with van der Waals surface area (Å²) in [6.07, 6.45) is 2.39. The Morgan fingerprint density at radius 2 is 1.94 bits per heavy atom. The molecule has 1 aliphatic rings. The van der Waals surface area contributed by atoms with E-state index in [1.807, 2.05) is 13.8 Å². The second-order valence-corrected chi connectivity index (χ2v) is 5.80. The molecule has 0 saturated carbocycles. The van der Waals surface area contributed by atoms with Gasteiger partial charge in [-0.2, -0.15) is 0 Å². The Hall–Kier alpha value is -0.530. The molecule has 0 N–H and O–H groups in total. The number of hydrogen-bond acceptors (Lipinski definition) is 1. The number of hydrogen-bond donors (Lipinski definition) is 0. The fraction of sp³-hybridized carbons (Fsp3) is 0.929. The Kier molecular flexibility index (Phi) is 4.82. The highest BCUT2D eigenvalue weighted by atomic mass is 16.2. The van der Waals surface area contributed by atoms with Crippen LogP contribution in [-0.2, 0) is 4.79 Å². The number of nitrogens with zero attached hydrogens (tertiary/aromatic N) is 1. The van der Waals surface area contributed by atoms with E-state index in [1.54, 1.807) is 0 Å². The molecule has 2 nitrogen and oxygen atoms in total. The molecule has 2 atom stereocenters. The SMILES string of the molecule is CC[C@@H]1CN(C(=O)C(C)C)CC[C@H]1C(C)C. The van der Waals surface area contributed by atoms with E-state index in [2.05, 4.69) is 25.7 Å². The smallest absolute Gasteiger partial charge is 0.225 e. The monoisotopic (exact) mass is 225 g/mol. The Balaban J connectivity index is 2.62. The van der Waals surface area contributed by atoms with Crippen molar-refractivity contribution >= 4 is 5.91 Å². The molecule has 0 aromatic carbocycles. The molecular formula is C14H27NO. The second kappa shape index (κ2) is 5.70. The highest BCUT2D eigenvalue weighted by molar-refractivity contribution is 5.78. The van der Waals surface area contributed by atoms with Crippen LogP contribution in [0, 0.1) is 23.7 Å². The average molecular weight is 225 g/mol. The van der Waals surface area contributed by atoms with Crippen molar-refractivity contribution in [1.29, 1.82) is 0 Å². The van der Waals surface area contributed by atoms with Gasteiger partial charge >= 0.3 is 0 Å². The van der Waals surface area contributed by atoms with Crippen LogP contribution in [0.4, 0.5) is 0 Å². The molecule has 0 aromatic heterocycles. The summed E-state index contributed by atoms with van der Waals surface area (Å²) in [5.41, 5.74) is 0. The van der Waals surface area contributed by atoms with Gasteiger partial charge in [0, 0.05) is 19.0 Å². The summed E-state index contributed by atoms with van der Waals surface area (Å²) in [5.74, 6) is 2.74. The fourth-order valence-corrected chi connectivity index (χ4v) is 2.93. The second-order valence-electron chi connectivity index (χ2n) is 5.80. The summed E-state index contributed by atoms with van der Waals surface area (Å²) in [6, 6.07) is 0. The molecule has 94 valence electrons. The summed E-state index contributed by atoms with van der Waals surface area (Å²) in [5, 5.41) is 0. The summed E-state index contributed by atoms with van der Waals surface area (Å²) in [4.78, 5) is 14.0. The van der Waals surface area contributed by atoms with Gasteiger partial charge in [0.15, 0.2) is 0 Å². The van der Waals surface area contributed by atoms with Crippen molar-refractivity contribution in [3.63, 3.8) is 0 Å². The molecule has 1 aliphatic heterocycles. The number of likely N-dealkylation sites (tertiary alicyclic amines) is 1. The summed E-state index contributed by atoms with van der Waals surface area (Å²) < 4.78 is 0. The lowest BCUT2D eigenvalue weighted by atomic mass is 9.77. The van der Waals surface area contributed by atoms with Gasteiger partial charge in [-0.25, -0.2) is 0 Å². The highest BCUT2D eigenvalue weighted by Gasteiger charge is 2.32. The molecule has 1 amide bonds. The normalized spacial score (nSPS) is 26.6. The zero-order valence-corrected chi connectivity index (χ0v) is 11.5. The first-order valence-corrected chi connectivity index (χ1v) is 6.76. The van der Waals surface area contributed by atoms with E-state index >= 15 is 0 Å². The highest BCUT2D eigenvalue weighted by Crippen LogP contribution is 2.32. The number of carbonyl (C=O) groups excluding carboxylic acids is 1. The predicted octanol–water partition coefficient (Wildman–Crippen LogP) is 3.17. The van der Waals surface area contributed by atoms with Crippen molar-refractivity contribution < 1.29 is 4.79 Å². The van der Waals surface area contributed by atoms with Gasteiger partial charge in [-0.15, -0.1) is 0 Å². The van der Waals surface area contributed by atoms with Gasteiger partial charge in [0.25, 0.3) is 0 Å². The molecule has 0 radical (unpaired) electrons. The van der Waals surface area contributed by atoms with Crippen LogP contribution in [0.3, 0.4) is 0 Å². The minimum Gasteiger partial charge on any atom is -0.342 e. The Morgan fingerprint density at radius 1 is 1.31 bits per heavy atom. The van der Waals surface area contributed by atoms with Gasteiger partial charge < -0.3 is 4.90 Å². The van der Waals surface area contributed by atoms with Crippen molar-refractivity contribution in [3.8, 4) is 0 Å². The average Bonchev–Trinajstić information content (AvgIpc) is 2.26. The lowest BCUT2D eigenvalue weighted by molar-refractivity contribution is -0.137. The molecule has 16 heavy (non-hydrogen) atoms. The molecular weight excluding hydrogens is 198 g/mol. The number of rotatable bonds is 3. The van der Waals surface area contributed by atoms with Crippen LogP contribution in [0.25, 0.3) is 0 Å². The zero-order valence-electron chi connectivity index (χ0n) is 11.5. The maximum Gasteiger partial charge on any atom is 0.225 e. The van der Waals surface area contributed by atoms with Gasteiger partial charge in [-0.1, -0.05) is 41.0 Å². The van der Waals surface area contributed by atoms with Crippen LogP contribution in [-0.4, -0.2) is 23.9 Å². The van der Waals surface area contributed by atoms with Gasteiger partial charge in [-0.3, -0.25) is 4.79 Å². The molecule has 1 saturated heterocycles. The maximum absolute atomic E-state index is 12.0. The molecule has 0 aromatic rings. The molecule has 1 heterocycles. The molecule has 0 bridgehead atoms. The van der Waals surface area contributed by atoms with Crippen LogP contribution in [0.2, 0.25) is 0 Å². The van der Waals surface area contributed by atoms with E-state index in [1.165, 1.54) is 12.8 Å². The van der Waals surface area contributed by atoms with Crippen molar-refractivity contribution in [3.05, 3.63) is 0 Å².